The smallest absolute Gasteiger partial charge is 0.219 e. The van der Waals surface area contributed by atoms with Crippen LogP contribution in [0.4, 0.5) is 0 Å². The van der Waals surface area contributed by atoms with E-state index in [1.165, 1.54) is 0 Å². The predicted molar refractivity (Wildman–Crippen MR) is 67.8 cm³/mol. The molecule has 0 saturated heterocycles. The molecule has 1 amide bonds. The minimum atomic E-state index is -0.493. The summed E-state index contributed by atoms with van der Waals surface area (Å²) in [6.45, 7) is 4.70. The van der Waals surface area contributed by atoms with E-state index in [-0.39, 0.29) is 12.3 Å². The number of para-hydroxylation sites is 1. The molecule has 0 spiro atoms. The number of carbonyl (C=O) groups excluding carboxylic acids is 1. The maximum atomic E-state index is 11.2. The molecule has 0 radical (unpaired) electrons. The second-order valence-electron chi connectivity index (χ2n) is 4.21. The molecule has 0 aliphatic carbocycles. The van der Waals surface area contributed by atoms with Gasteiger partial charge in [0.2, 0.25) is 5.91 Å². The molecular formula is C13H20N2O2. The van der Waals surface area contributed by atoms with Crippen LogP contribution in [0.2, 0.25) is 0 Å². The third kappa shape index (κ3) is 3.20. The van der Waals surface area contributed by atoms with E-state index in [1.54, 1.807) is 7.11 Å². The summed E-state index contributed by atoms with van der Waals surface area (Å²) in [7, 11) is 1.62. The van der Waals surface area contributed by atoms with E-state index in [4.69, 9.17) is 10.5 Å². The van der Waals surface area contributed by atoms with E-state index < -0.39 is 5.54 Å². The predicted octanol–water partition coefficient (Wildman–Crippen LogP) is 1.40. The topological polar surface area (TPSA) is 64.3 Å². The van der Waals surface area contributed by atoms with Gasteiger partial charge < -0.3 is 15.8 Å². The van der Waals surface area contributed by atoms with Crippen LogP contribution in [0.3, 0.4) is 0 Å². The van der Waals surface area contributed by atoms with Gasteiger partial charge in [0.05, 0.1) is 12.6 Å². The zero-order valence-corrected chi connectivity index (χ0v) is 10.6. The fraction of sp³-hybridized carbons (Fsp3) is 0.462. The molecule has 0 fully saturated rings. The number of ether oxygens (including phenoxy) is 1. The molecule has 0 bridgehead atoms. The lowest BCUT2D eigenvalue weighted by atomic mass is 9.87. The first-order chi connectivity index (χ1) is 8.03. The molecule has 1 unspecified atom stereocenters. The third-order valence-corrected chi connectivity index (χ3v) is 2.80. The molecule has 17 heavy (non-hydrogen) atoms. The molecule has 4 nitrogen and oxygen atoms in total. The average molecular weight is 236 g/mol. The molecule has 0 saturated carbocycles. The quantitative estimate of drug-likeness (QED) is 0.784. The van der Waals surface area contributed by atoms with Crippen molar-refractivity contribution in [3.63, 3.8) is 0 Å². The highest BCUT2D eigenvalue weighted by Gasteiger charge is 2.30. The Labute approximate surface area is 102 Å². The van der Waals surface area contributed by atoms with Gasteiger partial charge in [0.15, 0.2) is 0 Å². The van der Waals surface area contributed by atoms with Crippen molar-refractivity contribution in [1.82, 2.24) is 5.32 Å². The second kappa shape index (κ2) is 5.68. The van der Waals surface area contributed by atoms with Crippen LogP contribution in [-0.4, -0.2) is 19.6 Å². The summed E-state index contributed by atoms with van der Waals surface area (Å²) < 4.78 is 5.33. The Balaban J connectivity index is 3.16. The Kier molecular flexibility index (Phi) is 4.52. The van der Waals surface area contributed by atoms with Gasteiger partial charge in [0, 0.05) is 12.0 Å². The Morgan fingerprint density at radius 1 is 1.47 bits per heavy atom. The molecule has 1 rings (SSSR count). The number of primary amides is 1. The number of rotatable bonds is 6. The molecule has 0 aliphatic rings. The van der Waals surface area contributed by atoms with Crippen molar-refractivity contribution in [1.29, 1.82) is 0 Å². The van der Waals surface area contributed by atoms with Crippen molar-refractivity contribution in [3.8, 4) is 5.75 Å². The maximum absolute atomic E-state index is 11.2. The van der Waals surface area contributed by atoms with Crippen LogP contribution in [0.1, 0.15) is 25.8 Å². The van der Waals surface area contributed by atoms with Crippen LogP contribution >= 0.6 is 0 Å². The summed E-state index contributed by atoms with van der Waals surface area (Å²) in [5.41, 5.74) is 5.77. The highest BCUT2D eigenvalue weighted by molar-refractivity contribution is 5.75. The lowest BCUT2D eigenvalue weighted by Crippen LogP contribution is -2.43. The van der Waals surface area contributed by atoms with E-state index >= 15 is 0 Å². The van der Waals surface area contributed by atoms with Crippen molar-refractivity contribution in [3.05, 3.63) is 29.8 Å². The number of nitrogens with one attached hydrogen (secondary N) is 1. The SMILES string of the molecule is CCNC(C)(CC(N)=O)c1ccccc1OC. The molecular weight excluding hydrogens is 216 g/mol. The van der Waals surface area contributed by atoms with Gasteiger partial charge in [0.1, 0.15) is 5.75 Å². The Morgan fingerprint density at radius 2 is 2.12 bits per heavy atom. The highest BCUT2D eigenvalue weighted by atomic mass is 16.5. The summed E-state index contributed by atoms with van der Waals surface area (Å²) in [4.78, 5) is 11.2. The number of amides is 1. The summed E-state index contributed by atoms with van der Waals surface area (Å²) in [6.07, 6.45) is 0.237. The first-order valence-corrected chi connectivity index (χ1v) is 5.70. The van der Waals surface area contributed by atoms with Gasteiger partial charge in [-0.1, -0.05) is 25.1 Å². The lowest BCUT2D eigenvalue weighted by molar-refractivity contribution is -0.119. The Hall–Kier alpha value is -1.55. The minimum Gasteiger partial charge on any atom is -0.496 e. The standard InChI is InChI=1S/C13H20N2O2/c1-4-15-13(2,9-12(14)16)10-7-5-6-8-11(10)17-3/h5-8,15H,4,9H2,1-3H3,(H2,14,16). The van der Waals surface area contributed by atoms with Gasteiger partial charge in [-0.2, -0.15) is 0 Å². The number of carbonyl (C=O) groups is 1. The Bertz CT molecular complexity index is 393. The zero-order chi connectivity index (χ0) is 12.9. The third-order valence-electron chi connectivity index (χ3n) is 2.80. The largest absolute Gasteiger partial charge is 0.496 e. The zero-order valence-electron chi connectivity index (χ0n) is 10.6. The van der Waals surface area contributed by atoms with E-state index in [2.05, 4.69) is 5.32 Å². The fourth-order valence-corrected chi connectivity index (χ4v) is 2.09. The van der Waals surface area contributed by atoms with Crippen LogP contribution in [0.25, 0.3) is 0 Å². The van der Waals surface area contributed by atoms with Crippen LogP contribution in [-0.2, 0) is 10.3 Å². The van der Waals surface area contributed by atoms with Crippen LogP contribution in [0.15, 0.2) is 24.3 Å². The molecule has 94 valence electrons. The highest BCUT2D eigenvalue weighted by Crippen LogP contribution is 2.32. The monoisotopic (exact) mass is 236 g/mol. The number of benzene rings is 1. The Morgan fingerprint density at radius 3 is 2.65 bits per heavy atom. The molecule has 0 aromatic heterocycles. The van der Waals surface area contributed by atoms with Crippen LogP contribution in [0.5, 0.6) is 5.75 Å². The minimum absolute atomic E-state index is 0.237. The first kappa shape index (κ1) is 13.5. The first-order valence-electron chi connectivity index (χ1n) is 5.70. The average Bonchev–Trinajstić information content (AvgIpc) is 2.28. The van der Waals surface area contributed by atoms with Crippen molar-refractivity contribution in [2.45, 2.75) is 25.8 Å². The number of methoxy groups -OCH3 is 1. The number of nitrogens with two attached hydrogens (primary N) is 1. The van der Waals surface area contributed by atoms with Gasteiger partial charge in [-0.15, -0.1) is 0 Å². The van der Waals surface area contributed by atoms with Crippen LogP contribution in [0, 0.1) is 0 Å². The molecule has 4 heteroatoms. The maximum Gasteiger partial charge on any atom is 0.219 e. The number of hydrogen-bond donors (Lipinski definition) is 2. The van der Waals surface area contributed by atoms with Crippen molar-refractivity contribution < 1.29 is 9.53 Å². The second-order valence-corrected chi connectivity index (χ2v) is 4.21. The van der Waals surface area contributed by atoms with Gasteiger partial charge in [-0.05, 0) is 19.5 Å². The number of hydrogen-bond acceptors (Lipinski definition) is 3. The summed E-state index contributed by atoms with van der Waals surface area (Å²) in [5, 5.41) is 3.30. The molecule has 1 atom stereocenters. The summed E-state index contributed by atoms with van der Waals surface area (Å²) >= 11 is 0. The van der Waals surface area contributed by atoms with Crippen molar-refractivity contribution >= 4 is 5.91 Å². The molecule has 1 aromatic carbocycles. The van der Waals surface area contributed by atoms with Gasteiger partial charge in [0.25, 0.3) is 0 Å². The van der Waals surface area contributed by atoms with Crippen molar-refractivity contribution in [2.75, 3.05) is 13.7 Å². The summed E-state index contributed by atoms with van der Waals surface area (Å²) in [5.74, 6) is 0.427. The molecule has 0 heterocycles. The van der Waals surface area contributed by atoms with E-state index in [1.807, 2.05) is 38.1 Å². The van der Waals surface area contributed by atoms with Crippen molar-refractivity contribution in [2.24, 2.45) is 5.73 Å². The van der Waals surface area contributed by atoms with Gasteiger partial charge in [-0.25, -0.2) is 0 Å². The fourth-order valence-electron chi connectivity index (χ4n) is 2.09. The summed E-state index contributed by atoms with van der Waals surface area (Å²) in [6, 6.07) is 7.66. The molecule has 0 aliphatic heterocycles. The normalized spacial score (nSPS) is 14.1. The van der Waals surface area contributed by atoms with E-state index in [0.717, 1.165) is 17.9 Å². The van der Waals surface area contributed by atoms with E-state index in [0.29, 0.717) is 0 Å². The van der Waals surface area contributed by atoms with Gasteiger partial charge in [-0.3, -0.25) is 4.79 Å². The molecule has 1 aromatic rings. The van der Waals surface area contributed by atoms with Crippen LogP contribution < -0.4 is 15.8 Å². The van der Waals surface area contributed by atoms with E-state index in [9.17, 15) is 4.79 Å². The molecule has 3 N–H and O–H groups in total. The van der Waals surface area contributed by atoms with Gasteiger partial charge >= 0.3 is 0 Å². The lowest BCUT2D eigenvalue weighted by Gasteiger charge is -2.31.